The van der Waals surface area contributed by atoms with Gasteiger partial charge in [-0.1, -0.05) is 24.3 Å². The number of benzene rings is 2. The van der Waals surface area contributed by atoms with Gasteiger partial charge in [0.15, 0.2) is 11.5 Å². The number of barbiturate groups is 1. The molecule has 0 spiro atoms. The summed E-state index contributed by atoms with van der Waals surface area (Å²) in [6.45, 7) is 2.38. The molecule has 1 fully saturated rings. The first-order valence-corrected chi connectivity index (χ1v) is 9.56. The number of nitrogens with zero attached hydrogens (tertiary/aromatic N) is 3. The molecule has 8 nitrogen and oxygen atoms in total. The second kappa shape index (κ2) is 9.13. The Hall–Kier alpha value is -4.12. The molecular weight excluding hydrogens is 398 g/mol. The van der Waals surface area contributed by atoms with Gasteiger partial charge in [0.05, 0.1) is 18.2 Å². The van der Waals surface area contributed by atoms with E-state index < -0.39 is 17.8 Å². The fraction of sp³-hybridized carbons (Fsp3) is 0.217. The number of ether oxygens (including phenoxy) is 2. The molecule has 1 aliphatic heterocycles. The first kappa shape index (κ1) is 21.6. The Labute approximate surface area is 179 Å². The lowest BCUT2D eigenvalue weighted by atomic mass is 10.1. The van der Waals surface area contributed by atoms with E-state index in [0.29, 0.717) is 29.2 Å². The minimum Gasteiger partial charge on any atom is -0.490 e. The van der Waals surface area contributed by atoms with Crippen molar-refractivity contribution in [2.75, 3.05) is 20.7 Å². The van der Waals surface area contributed by atoms with Crippen molar-refractivity contribution in [3.05, 3.63) is 64.7 Å². The first-order valence-electron chi connectivity index (χ1n) is 9.56. The Balaban J connectivity index is 1.89. The van der Waals surface area contributed by atoms with Gasteiger partial charge in [-0.05, 0) is 36.8 Å². The van der Waals surface area contributed by atoms with E-state index in [4.69, 9.17) is 9.47 Å². The second-order valence-electron chi connectivity index (χ2n) is 6.77. The summed E-state index contributed by atoms with van der Waals surface area (Å²) in [5, 5.41) is 9.22. The van der Waals surface area contributed by atoms with Gasteiger partial charge in [0.25, 0.3) is 11.8 Å². The van der Waals surface area contributed by atoms with Gasteiger partial charge in [-0.2, -0.15) is 5.26 Å². The van der Waals surface area contributed by atoms with Crippen LogP contribution in [0.4, 0.5) is 4.79 Å². The van der Waals surface area contributed by atoms with Crippen LogP contribution in [0.5, 0.6) is 11.5 Å². The van der Waals surface area contributed by atoms with Gasteiger partial charge in [-0.3, -0.25) is 19.4 Å². The van der Waals surface area contributed by atoms with Crippen LogP contribution in [0.25, 0.3) is 6.08 Å². The molecule has 0 aromatic heterocycles. The van der Waals surface area contributed by atoms with Crippen LogP contribution >= 0.6 is 0 Å². The molecule has 8 heteroatoms. The molecule has 1 saturated heterocycles. The van der Waals surface area contributed by atoms with E-state index in [1.54, 1.807) is 30.3 Å². The highest BCUT2D eigenvalue weighted by molar-refractivity contribution is 6.30. The smallest absolute Gasteiger partial charge is 0.333 e. The predicted octanol–water partition coefficient (Wildman–Crippen LogP) is 2.97. The molecule has 1 aliphatic rings. The van der Waals surface area contributed by atoms with Gasteiger partial charge in [0.1, 0.15) is 12.2 Å². The summed E-state index contributed by atoms with van der Waals surface area (Å²) in [6, 6.07) is 13.6. The molecule has 3 rings (SSSR count). The molecule has 0 N–H and O–H groups in total. The summed E-state index contributed by atoms with van der Waals surface area (Å²) < 4.78 is 11.5. The highest BCUT2D eigenvalue weighted by Gasteiger charge is 2.37. The molecule has 2 aromatic rings. The van der Waals surface area contributed by atoms with E-state index in [1.165, 1.54) is 20.2 Å². The lowest BCUT2D eigenvalue weighted by Crippen LogP contribution is -2.52. The van der Waals surface area contributed by atoms with E-state index in [0.717, 1.165) is 15.4 Å². The lowest BCUT2D eigenvalue weighted by molar-refractivity contribution is -0.134. The number of rotatable bonds is 6. The normalized spacial score (nSPS) is 13.9. The minimum absolute atomic E-state index is 0.122. The molecule has 0 radical (unpaired) electrons. The van der Waals surface area contributed by atoms with Crippen molar-refractivity contribution in [1.29, 1.82) is 5.26 Å². The van der Waals surface area contributed by atoms with Crippen molar-refractivity contribution in [3.8, 4) is 17.6 Å². The Morgan fingerprint density at radius 1 is 0.968 bits per heavy atom. The zero-order valence-corrected chi connectivity index (χ0v) is 17.4. The largest absolute Gasteiger partial charge is 0.490 e. The summed E-state index contributed by atoms with van der Waals surface area (Å²) in [4.78, 5) is 38.5. The maximum Gasteiger partial charge on any atom is 0.333 e. The number of likely N-dealkylation sites (N-methyl/N-ethyl adjacent to an activating group) is 2. The van der Waals surface area contributed by atoms with E-state index in [1.807, 2.05) is 19.1 Å². The van der Waals surface area contributed by atoms with Crippen molar-refractivity contribution in [2.45, 2.75) is 13.5 Å². The molecule has 0 aliphatic carbocycles. The van der Waals surface area contributed by atoms with Crippen LogP contribution in [0.15, 0.2) is 48.0 Å². The monoisotopic (exact) mass is 419 g/mol. The maximum atomic E-state index is 12.4. The van der Waals surface area contributed by atoms with Gasteiger partial charge < -0.3 is 9.47 Å². The zero-order chi connectivity index (χ0) is 22.5. The number of amides is 4. The molecule has 0 unspecified atom stereocenters. The third-order valence-corrected chi connectivity index (χ3v) is 4.74. The Morgan fingerprint density at radius 3 is 2.29 bits per heavy atom. The maximum absolute atomic E-state index is 12.4. The number of urea groups is 1. The Bertz CT molecular complexity index is 1090. The number of nitriles is 1. The SMILES string of the molecule is CCOc1cc(C=C2C(=O)N(C)C(=O)N(C)C2=O)ccc1OCc1ccccc1C#N. The van der Waals surface area contributed by atoms with Crippen molar-refractivity contribution < 1.29 is 23.9 Å². The molecule has 4 amide bonds. The van der Waals surface area contributed by atoms with E-state index in [-0.39, 0.29) is 12.2 Å². The number of hydrogen-bond donors (Lipinski definition) is 0. The van der Waals surface area contributed by atoms with Crippen molar-refractivity contribution in [3.63, 3.8) is 0 Å². The van der Waals surface area contributed by atoms with E-state index >= 15 is 0 Å². The van der Waals surface area contributed by atoms with E-state index in [2.05, 4.69) is 6.07 Å². The zero-order valence-electron chi connectivity index (χ0n) is 17.4. The quantitative estimate of drug-likeness (QED) is 0.527. The van der Waals surface area contributed by atoms with Crippen LogP contribution in [0.1, 0.15) is 23.6 Å². The highest BCUT2D eigenvalue weighted by Crippen LogP contribution is 2.31. The van der Waals surface area contributed by atoms with Gasteiger partial charge in [-0.25, -0.2) is 4.79 Å². The molecule has 31 heavy (non-hydrogen) atoms. The van der Waals surface area contributed by atoms with Gasteiger partial charge in [-0.15, -0.1) is 0 Å². The standard InChI is InChI=1S/C23H21N3O5/c1-4-30-20-12-15(11-18-21(27)25(2)23(29)26(3)22(18)28)9-10-19(20)31-14-17-8-6-5-7-16(17)13-24/h5-12H,4,14H2,1-3H3. The Kier molecular flexibility index (Phi) is 6.36. The van der Waals surface area contributed by atoms with Crippen LogP contribution in [0, 0.1) is 11.3 Å². The highest BCUT2D eigenvalue weighted by atomic mass is 16.5. The van der Waals surface area contributed by atoms with Crippen molar-refractivity contribution >= 4 is 23.9 Å². The number of imide groups is 2. The van der Waals surface area contributed by atoms with Crippen molar-refractivity contribution in [2.24, 2.45) is 0 Å². The molecule has 2 aromatic carbocycles. The van der Waals surface area contributed by atoms with Crippen LogP contribution < -0.4 is 9.47 Å². The molecule has 0 bridgehead atoms. The van der Waals surface area contributed by atoms with Gasteiger partial charge in [0, 0.05) is 19.7 Å². The van der Waals surface area contributed by atoms with Crippen LogP contribution in [-0.4, -0.2) is 48.3 Å². The topological polar surface area (TPSA) is 99.9 Å². The first-order chi connectivity index (χ1) is 14.9. The van der Waals surface area contributed by atoms with Crippen LogP contribution in [0.3, 0.4) is 0 Å². The summed E-state index contributed by atoms with van der Waals surface area (Å²) >= 11 is 0. The van der Waals surface area contributed by atoms with Gasteiger partial charge >= 0.3 is 6.03 Å². The second-order valence-corrected chi connectivity index (χ2v) is 6.77. The summed E-state index contributed by atoms with van der Waals surface area (Å²) in [7, 11) is 2.65. The molecular formula is C23H21N3O5. The molecule has 1 heterocycles. The molecule has 0 saturated carbocycles. The fourth-order valence-electron chi connectivity index (χ4n) is 3.05. The van der Waals surface area contributed by atoms with Crippen molar-refractivity contribution in [1.82, 2.24) is 9.80 Å². The van der Waals surface area contributed by atoms with Crippen LogP contribution in [-0.2, 0) is 16.2 Å². The number of carbonyl (C=O) groups is 3. The number of hydrogen-bond acceptors (Lipinski definition) is 6. The average molecular weight is 419 g/mol. The summed E-state index contributed by atoms with van der Waals surface area (Å²) in [5.74, 6) is -0.443. The average Bonchev–Trinajstić information content (AvgIpc) is 2.79. The third kappa shape index (κ3) is 4.41. The molecule has 158 valence electrons. The summed E-state index contributed by atoms with van der Waals surface area (Å²) in [5.41, 5.74) is 1.69. The van der Waals surface area contributed by atoms with Gasteiger partial charge in [0.2, 0.25) is 0 Å². The van der Waals surface area contributed by atoms with E-state index in [9.17, 15) is 19.6 Å². The molecule has 0 atom stereocenters. The third-order valence-electron chi connectivity index (χ3n) is 4.74. The predicted molar refractivity (Wildman–Crippen MR) is 112 cm³/mol. The lowest BCUT2D eigenvalue weighted by Gasteiger charge is -2.28. The fourth-order valence-corrected chi connectivity index (χ4v) is 3.05. The van der Waals surface area contributed by atoms with Crippen LogP contribution in [0.2, 0.25) is 0 Å². The number of carbonyl (C=O) groups excluding carboxylic acids is 3. The Morgan fingerprint density at radius 2 is 1.65 bits per heavy atom. The minimum atomic E-state index is -0.677. The summed E-state index contributed by atoms with van der Waals surface area (Å²) in [6.07, 6.45) is 1.42.